The first-order valence-corrected chi connectivity index (χ1v) is 4.98. The molecule has 0 bridgehead atoms. The SMILES string of the molecule is CC1=CN(C)CC(c2ccc(F)cc2F)=N1. The van der Waals surface area contributed by atoms with Crippen molar-refractivity contribution >= 4 is 5.71 Å². The van der Waals surface area contributed by atoms with Gasteiger partial charge in [0.2, 0.25) is 0 Å². The highest BCUT2D eigenvalue weighted by Gasteiger charge is 2.14. The van der Waals surface area contributed by atoms with Crippen molar-refractivity contribution in [3.05, 3.63) is 47.3 Å². The van der Waals surface area contributed by atoms with Crippen LogP contribution in [0.5, 0.6) is 0 Å². The predicted octanol–water partition coefficient (Wildman–Crippen LogP) is 2.56. The molecule has 2 rings (SSSR count). The van der Waals surface area contributed by atoms with E-state index in [-0.39, 0.29) is 0 Å². The van der Waals surface area contributed by atoms with Crippen molar-refractivity contribution in [3.63, 3.8) is 0 Å². The maximum atomic E-state index is 13.5. The Kier molecular flexibility index (Phi) is 2.73. The molecular formula is C12H12F2N2. The molecule has 0 saturated heterocycles. The number of benzene rings is 1. The van der Waals surface area contributed by atoms with Gasteiger partial charge in [0.15, 0.2) is 0 Å². The molecule has 84 valence electrons. The van der Waals surface area contributed by atoms with E-state index in [0.29, 0.717) is 17.8 Å². The van der Waals surface area contributed by atoms with E-state index in [1.807, 2.05) is 25.1 Å². The highest BCUT2D eigenvalue weighted by atomic mass is 19.1. The fourth-order valence-electron chi connectivity index (χ4n) is 1.75. The second kappa shape index (κ2) is 4.04. The van der Waals surface area contributed by atoms with Crippen LogP contribution >= 0.6 is 0 Å². The highest BCUT2D eigenvalue weighted by Crippen LogP contribution is 2.15. The molecule has 0 radical (unpaired) electrons. The van der Waals surface area contributed by atoms with Crippen molar-refractivity contribution in [3.8, 4) is 0 Å². The number of hydrogen-bond acceptors (Lipinski definition) is 2. The third-order valence-corrected chi connectivity index (χ3v) is 2.36. The fraction of sp³-hybridized carbons (Fsp3) is 0.250. The minimum Gasteiger partial charge on any atom is -0.373 e. The van der Waals surface area contributed by atoms with Gasteiger partial charge in [0, 0.05) is 24.9 Å². The Morgan fingerprint density at radius 2 is 2.06 bits per heavy atom. The van der Waals surface area contributed by atoms with Crippen molar-refractivity contribution < 1.29 is 8.78 Å². The van der Waals surface area contributed by atoms with Crippen LogP contribution in [0.25, 0.3) is 0 Å². The molecule has 0 spiro atoms. The van der Waals surface area contributed by atoms with E-state index < -0.39 is 11.6 Å². The van der Waals surface area contributed by atoms with Crippen LogP contribution in [-0.2, 0) is 0 Å². The van der Waals surface area contributed by atoms with Gasteiger partial charge in [-0.15, -0.1) is 0 Å². The van der Waals surface area contributed by atoms with E-state index >= 15 is 0 Å². The second-order valence-electron chi connectivity index (χ2n) is 3.87. The lowest BCUT2D eigenvalue weighted by atomic mass is 10.1. The third kappa shape index (κ3) is 2.10. The van der Waals surface area contributed by atoms with Crippen molar-refractivity contribution in [1.82, 2.24) is 4.90 Å². The van der Waals surface area contributed by atoms with Gasteiger partial charge in [0.1, 0.15) is 11.6 Å². The van der Waals surface area contributed by atoms with Gasteiger partial charge < -0.3 is 4.90 Å². The first-order chi connectivity index (χ1) is 7.56. The summed E-state index contributed by atoms with van der Waals surface area (Å²) in [5.41, 5.74) is 1.80. The molecule has 1 aromatic carbocycles. The number of allylic oxidation sites excluding steroid dienone is 1. The first-order valence-electron chi connectivity index (χ1n) is 4.98. The van der Waals surface area contributed by atoms with E-state index in [1.54, 1.807) is 0 Å². The third-order valence-electron chi connectivity index (χ3n) is 2.36. The van der Waals surface area contributed by atoms with Crippen LogP contribution in [0, 0.1) is 11.6 Å². The van der Waals surface area contributed by atoms with Gasteiger partial charge in [-0.3, -0.25) is 4.99 Å². The van der Waals surface area contributed by atoms with E-state index in [4.69, 9.17) is 0 Å². The molecule has 0 unspecified atom stereocenters. The van der Waals surface area contributed by atoms with Gasteiger partial charge in [-0.05, 0) is 19.1 Å². The Hall–Kier alpha value is -1.71. The zero-order valence-electron chi connectivity index (χ0n) is 9.17. The average molecular weight is 222 g/mol. The highest BCUT2D eigenvalue weighted by molar-refractivity contribution is 6.03. The molecular weight excluding hydrogens is 210 g/mol. The number of halogens is 2. The lowest BCUT2D eigenvalue weighted by molar-refractivity contribution is 0.509. The normalized spacial score (nSPS) is 15.9. The summed E-state index contributed by atoms with van der Waals surface area (Å²) < 4.78 is 26.3. The average Bonchev–Trinajstić information content (AvgIpc) is 2.15. The summed E-state index contributed by atoms with van der Waals surface area (Å²) in [6.07, 6.45) is 1.88. The smallest absolute Gasteiger partial charge is 0.135 e. The van der Waals surface area contributed by atoms with Gasteiger partial charge in [0.25, 0.3) is 0 Å². The molecule has 0 aliphatic carbocycles. The van der Waals surface area contributed by atoms with Crippen LogP contribution in [0.2, 0.25) is 0 Å². The minimum absolute atomic E-state index is 0.362. The quantitative estimate of drug-likeness (QED) is 0.713. The first kappa shape index (κ1) is 10.8. The number of rotatable bonds is 1. The number of likely N-dealkylation sites (N-methyl/N-ethyl adjacent to an activating group) is 1. The van der Waals surface area contributed by atoms with E-state index in [0.717, 1.165) is 11.8 Å². The predicted molar refractivity (Wildman–Crippen MR) is 59.3 cm³/mol. The van der Waals surface area contributed by atoms with Gasteiger partial charge in [0.05, 0.1) is 18.0 Å². The van der Waals surface area contributed by atoms with Crippen LogP contribution in [0.1, 0.15) is 12.5 Å². The maximum absolute atomic E-state index is 13.5. The lowest BCUT2D eigenvalue weighted by Crippen LogP contribution is -2.26. The molecule has 16 heavy (non-hydrogen) atoms. The Balaban J connectivity index is 2.42. The van der Waals surface area contributed by atoms with Crippen molar-refractivity contribution in [2.45, 2.75) is 6.92 Å². The van der Waals surface area contributed by atoms with Gasteiger partial charge in [-0.25, -0.2) is 8.78 Å². The molecule has 0 N–H and O–H groups in total. The summed E-state index contributed by atoms with van der Waals surface area (Å²) >= 11 is 0. The molecule has 0 saturated carbocycles. The molecule has 0 atom stereocenters. The van der Waals surface area contributed by atoms with Crippen molar-refractivity contribution in [1.29, 1.82) is 0 Å². The summed E-state index contributed by atoms with van der Waals surface area (Å²) in [5.74, 6) is -1.14. The number of hydrogen-bond donors (Lipinski definition) is 0. The van der Waals surface area contributed by atoms with Gasteiger partial charge >= 0.3 is 0 Å². The minimum atomic E-state index is -0.571. The monoisotopic (exact) mass is 222 g/mol. The molecule has 2 nitrogen and oxygen atoms in total. The Morgan fingerprint density at radius 1 is 1.31 bits per heavy atom. The number of nitrogens with zero attached hydrogens (tertiary/aromatic N) is 2. The Morgan fingerprint density at radius 3 is 2.69 bits per heavy atom. The molecule has 1 heterocycles. The summed E-state index contributed by atoms with van der Waals surface area (Å²) in [6.45, 7) is 2.37. The largest absolute Gasteiger partial charge is 0.373 e. The van der Waals surface area contributed by atoms with Crippen LogP contribution < -0.4 is 0 Å². The van der Waals surface area contributed by atoms with E-state index in [9.17, 15) is 8.78 Å². The van der Waals surface area contributed by atoms with Crippen LogP contribution in [-0.4, -0.2) is 24.2 Å². The topological polar surface area (TPSA) is 15.6 Å². The Bertz CT molecular complexity index is 478. The van der Waals surface area contributed by atoms with Crippen LogP contribution in [0.15, 0.2) is 35.1 Å². The Labute approximate surface area is 92.9 Å². The van der Waals surface area contributed by atoms with Crippen molar-refractivity contribution in [2.24, 2.45) is 4.99 Å². The summed E-state index contributed by atoms with van der Waals surface area (Å²) in [4.78, 5) is 6.18. The van der Waals surface area contributed by atoms with Crippen molar-refractivity contribution in [2.75, 3.05) is 13.6 Å². The molecule has 1 aromatic rings. The standard InChI is InChI=1S/C12H12F2N2/c1-8-6-16(2)7-12(15-8)10-4-3-9(13)5-11(10)14/h3-6H,7H2,1-2H3. The molecule has 4 heteroatoms. The second-order valence-corrected chi connectivity index (χ2v) is 3.87. The molecule has 0 amide bonds. The van der Waals surface area contributed by atoms with Gasteiger partial charge in [-0.1, -0.05) is 0 Å². The van der Waals surface area contributed by atoms with E-state index in [2.05, 4.69) is 4.99 Å². The summed E-state index contributed by atoms with van der Waals surface area (Å²) in [7, 11) is 1.89. The zero-order chi connectivity index (χ0) is 11.7. The lowest BCUT2D eigenvalue weighted by Gasteiger charge is -2.21. The van der Waals surface area contributed by atoms with E-state index in [1.165, 1.54) is 12.1 Å². The zero-order valence-corrected chi connectivity index (χ0v) is 9.17. The summed E-state index contributed by atoms with van der Waals surface area (Å²) in [6, 6.07) is 3.55. The van der Waals surface area contributed by atoms with Crippen LogP contribution in [0.4, 0.5) is 8.78 Å². The van der Waals surface area contributed by atoms with Gasteiger partial charge in [-0.2, -0.15) is 0 Å². The molecule has 0 aromatic heterocycles. The molecule has 1 aliphatic heterocycles. The summed E-state index contributed by atoms with van der Waals surface area (Å²) in [5, 5.41) is 0. The number of aliphatic imine (C=N–C) groups is 1. The molecule has 0 fully saturated rings. The maximum Gasteiger partial charge on any atom is 0.135 e. The van der Waals surface area contributed by atoms with Crippen LogP contribution in [0.3, 0.4) is 0 Å². The fourth-order valence-corrected chi connectivity index (χ4v) is 1.75. The molecule has 1 aliphatic rings.